The van der Waals surface area contributed by atoms with E-state index in [-0.39, 0.29) is 0 Å². The number of carbonyl (C=O) groups is 1. The number of nitrogens with one attached hydrogen (secondary N) is 1. The van der Waals surface area contributed by atoms with Gasteiger partial charge in [-0.1, -0.05) is 41.1 Å². The predicted octanol–water partition coefficient (Wildman–Crippen LogP) is 2.98. The number of allylic oxidation sites excluding steroid dienone is 2. The zero-order chi connectivity index (χ0) is 12.8. The summed E-state index contributed by atoms with van der Waals surface area (Å²) in [6.07, 6.45) is 7.78. The Morgan fingerprint density at radius 3 is 2.72 bits per heavy atom. The normalized spacial score (nSPS) is 25.4. The molecule has 0 aromatic heterocycles. The Kier molecular flexibility index (Phi) is 3.86. The van der Waals surface area contributed by atoms with E-state index in [2.05, 4.69) is 4.72 Å². The summed E-state index contributed by atoms with van der Waals surface area (Å²) in [6, 6.07) is 9.38. The summed E-state index contributed by atoms with van der Waals surface area (Å²) in [5.41, 5.74) is 0.892. The molecule has 0 radical (unpaired) electrons. The summed E-state index contributed by atoms with van der Waals surface area (Å²) in [6.45, 7) is 0. The quantitative estimate of drug-likeness (QED) is 0.823. The largest absolute Gasteiger partial charge is 0.354 e. The fourth-order valence-corrected chi connectivity index (χ4v) is 2.38. The summed E-state index contributed by atoms with van der Waals surface area (Å²) in [4.78, 5) is 11.5. The van der Waals surface area contributed by atoms with Crippen molar-refractivity contribution in [3.8, 4) is 0 Å². The van der Waals surface area contributed by atoms with E-state index in [1.807, 2.05) is 30.3 Å². The van der Waals surface area contributed by atoms with E-state index in [1.165, 1.54) is 17.7 Å². The first-order valence-corrected chi connectivity index (χ1v) is 6.89. The van der Waals surface area contributed by atoms with Gasteiger partial charge in [-0.2, -0.15) is 0 Å². The maximum Gasteiger partial charge on any atom is 0.354 e. The molecule has 0 bridgehead atoms. The average Bonchev–Trinajstić information content (AvgIpc) is 2.38. The summed E-state index contributed by atoms with van der Waals surface area (Å²) in [5.74, 6) is -0.594. The van der Waals surface area contributed by atoms with Gasteiger partial charge >= 0.3 is 5.97 Å². The van der Waals surface area contributed by atoms with Gasteiger partial charge in [-0.25, -0.2) is 4.79 Å². The second kappa shape index (κ2) is 5.57. The molecule has 1 aromatic rings. The molecule has 94 valence electrons. The highest BCUT2D eigenvalue weighted by atomic mass is 32.3. The first kappa shape index (κ1) is 12.5. The molecular formula is C13H13NO3S. The first-order valence-electron chi connectivity index (χ1n) is 5.31. The Balaban J connectivity index is 1.95. The summed E-state index contributed by atoms with van der Waals surface area (Å²) in [7, 11) is -2.66. The maximum atomic E-state index is 11.5. The van der Waals surface area contributed by atoms with Gasteiger partial charge in [-0.05, 0) is 23.8 Å². The Morgan fingerprint density at radius 2 is 2.06 bits per heavy atom. The van der Waals surface area contributed by atoms with E-state index in [0.29, 0.717) is 0 Å². The molecule has 5 heteroatoms. The van der Waals surface area contributed by atoms with Gasteiger partial charge in [0.2, 0.25) is 0 Å². The minimum Gasteiger partial charge on any atom is -0.327 e. The minimum absolute atomic E-state index is 0.594. The van der Waals surface area contributed by atoms with E-state index >= 15 is 0 Å². The highest BCUT2D eigenvalue weighted by Crippen LogP contribution is 2.43. The summed E-state index contributed by atoms with van der Waals surface area (Å²) >= 11 is 0. The van der Waals surface area contributed by atoms with Crippen molar-refractivity contribution in [2.75, 3.05) is 0 Å². The molecular weight excluding hydrogens is 250 g/mol. The highest BCUT2D eigenvalue weighted by molar-refractivity contribution is 8.26. The molecule has 0 aliphatic carbocycles. The van der Waals surface area contributed by atoms with Crippen molar-refractivity contribution in [2.24, 2.45) is 0 Å². The van der Waals surface area contributed by atoms with Crippen LogP contribution < -0.4 is 4.72 Å². The fourth-order valence-electron chi connectivity index (χ4n) is 1.32. The molecule has 1 heterocycles. The lowest BCUT2D eigenvalue weighted by molar-refractivity contribution is -0.128. The first-order chi connectivity index (χ1) is 8.68. The Bertz CT molecular complexity index is 510. The van der Waals surface area contributed by atoms with Crippen molar-refractivity contribution in [1.29, 1.82) is 0 Å². The number of rotatable bonds is 3. The molecule has 0 fully saturated rings. The Morgan fingerprint density at radius 1 is 1.28 bits per heavy atom. The molecule has 1 unspecified atom stereocenters. The van der Waals surface area contributed by atoms with Crippen LogP contribution in [-0.2, 0) is 8.98 Å². The van der Waals surface area contributed by atoms with Gasteiger partial charge in [0, 0.05) is 12.3 Å². The molecule has 2 rings (SSSR count). The van der Waals surface area contributed by atoms with Crippen LogP contribution in [0.1, 0.15) is 5.56 Å². The Labute approximate surface area is 107 Å². The van der Waals surface area contributed by atoms with E-state index < -0.39 is 16.7 Å². The number of carbonyl (C=O) groups excluding carboxylic acids is 1. The van der Waals surface area contributed by atoms with Crippen LogP contribution in [0.3, 0.4) is 0 Å². The van der Waals surface area contributed by atoms with Crippen LogP contribution in [0.15, 0.2) is 60.2 Å². The van der Waals surface area contributed by atoms with Crippen molar-refractivity contribution < 1.29 is 13.5 Å². The van der Waals surface area contributed by atoms with Crippen LogP contribution in [0.25, 0.3) is 6.08 Å². The molecule has 1 aliphatic heterocycles. The van der Waals surface area contributed by atoms with Gasteiger partial charge in [0.1, 0.15) is 0 Å². The lowest BCUT2D eigenvalue weighted by Crippen LogP contribution is -2.19. The smallest absolute Gasteiger partial charge is 0.327 e. The van der Waals surface area contributed by atoms with Crippen LogP contribution in [-0.4, -0.2) is 10.5 Å². The van der Waals surface area contributed by atoms with Crippen molar-refractivity contribution in [3.05, 3.63) is 65.7 Å². The molecule has 1 aliphatic rings. The summed E-state index contributed by atoms with van der Waals surface area (Å²) < 4.78 is 17.5. The monoisotopic (exact) mass is 263 g/mol. The van der Waals surface area contributed by atoms with Gasteiger partial charge < -0.3 is 4.18 Å². The SMILES string of the molecule is O=C(/C=C/c1ccccc1)OS1(O)C=CC=CN1. The van der Waals surface area contributed by atoms with Gasteiger partial charge in [0.05, 0.1) is 5.41 Å². The molecule has 4 nitrogen and oxygen atoms in total. The zero-order valence-corrected chi connectivity index (χ0v) is 10.3. The van der Waals surface area contributed by atoms with E-state index in [9.17, 15) is 9.35 Å². The topological polar surface area (TPSA) is 58.6 Å². The third-order valence-corrected chi connectivity index (χ3v) is 3.55. The second-order valence-corrected chi connectivity index (χ2v) is 5.33. The van der Waals surface area contributed by atoms with Gasteiger partial charge in [0.15, 0.2) is 0 Å². The summed E-state index contributed by atoms with van der Waals surface area (Å²) in [5, 5.41) is 1.43. The fraction of sp³-hybridized carbons (Fsp3) is 0. The van der Waals surface area contributed by atoms with Crippen molar-refractivity contribution in [2.45, 2.75) is 0 Å². The zero-order valence-electron chi connectivity index (χ0n) is 9.52. The highest BCUT2D eigenvalue weighted by Gasteiger charge is 2.16. The molecule has 1 aromatic carbocycles. The van der Waals surface area contributed by atoms with Crippen LogP contribution in [0.5, 0.6) is 0 Å². The lowest BCUT2D eigenvalue weighted by atomic mass is 10.2. The minimum atomic E-state index is -2.66. The molecule has 2 N–H and O–H groups in total. The average molecular weight is 263 g/mol. The van der Waals surface area contributed by atoms with Gasteiger partial charge in [-0.3, -0.25) is 9.27 Å². The van der Waals surface area contributed by atoms with Crippen LogP contribution in [0, 0.1) is 0 Å². The number of hydrogen-bond donors (Lipinski definition) is 2. The van der Waals surface area contributed by atoms with Crippen molar-refractivity contribution in [3.63, 3.8) is 0 Å². The van der Waals surface area contributed by atoms with Crippen LogP contribution in [0.2, 0.25) is 0 Å². The molecule has 0 saturated heterocycles. The van der Waals surface area contributed by atoms with Gasteiger partial charge in [0.25, 0.3) is 0 Å². The van der Waals surface area contributed by atoms with Crippen LogP contribution in [0.4, 0.5) is 0 Å². The molecule has 1 atom stereocenters. The molecule has 0 saturated carbocycles. The maximum absolute atomic E-state index is 11.5. The third-order valence-electron chi connectivity index (χ3n) is 2.13. The van der Waals surface area contributed by atoms with Gasteiger partial charge in [-0.15, -0.1) is 0 Å². The predicted molar refractivity (Wildman–Crippen MR) is 73.2 cm³/mol. The lowest BCUT2D eigenvalue weighted by Gasteiger charge is -2.34. The molecule has 18 heavy (non-hydrogen) atoms. The van der Waals surface area contributed by atoms with Crippen LogP contribution >= 0.6 is 10.8 Å². The second-order valence-electron chi connectivity index (χ2n) is 3.52. The van der Waals surface area contributed by atoms with E-state index in [1.54, 1.807) is 18.2 Å². The third kappa shape index (κ3) is 3.51. The molecule has 0 amide bonds. The number of benzene rings is 1. The van der Waals surface area contributed by atoms with Crippen molar-refractivity contribution in [1.82, 2.24) is 4.72 Å². The standard InChI is InChI=1S/C13H13NO3S/c15-13(9-8-12-6-2-1-3-7-12)17-18(16)11-5-4-10-14-18/h1-11,14,16H/b9-8+. The Hall–Kier alpha value is -1.98. The molecule has 0 spiro atoms. The van der Waals surface area contributed by atoms with Crippen molar-refractivity contribution >= 4 is 22.8 Å². The van der Waals surface area contributed by atoms with E-state index in [0.717, 1.165) is 5.56 Å². The van der Waals surface area contributed by atoms with E-state index in [4.69, 9.17) is 4.18 Å². The number of hydrogen-bond acceptors (Lipinski definition) is 4.